The van der Waals surface area contributed by atoms with Gasteiger partial charge in [-0.2, -0.15) is 4.98 Å². The maximum Gasteiger partial charge on any atom is 0.230 e. The Labute approximate surface area is 94.5 Å². The van der Waals surface area contributed by atoms with Gasteiger partial charge in [0.25, 0.3) is 0 Å². The van der Waals surface area contributed by atoms with Crippen molar-refractivity contribution in [3.05, 3.63) is 6.33 Å². The van der Waals surface area contributed by atoms with Gasteiger partial charge in [0.05, 0.1) is 5.60 Å². The zero-order valence-corrected chi connectivity index (χ0v) is 9.43. The molecule has 0 aliphatic carbocycles. The normalized spacial score (nSPS) is 26.5. The molecule has 3 N–H and O–H groups in total. The third-order valence-corrected chi connectivity index (χ3v) is 2.92. The number of hydrogen-bond acceptors (Lipinski definition) is 6. The SMILES string of the molecule is CC1(O)CCCN(c2ncnc(N)n2)CC1. The fraction of sp³-hybridized carbons (Fsp3) is 0.700. The number of hydrogen-bond donors (Lipinski definition) is 2. The van der Waals surface area contributed by atoms with Crippen LogP contribution in [-0.2, 0) is 0 Å². The van der Waals surface area contributed by atoms with Gasteiger partial charge in [-0.15, -0.1) is 0 Å². The fourth-order valence-electron chi connectivity index (χ4n) is 1.92. The Morgan fingerprint density at radius 3 is 2.94 bits per heavy atom. The lowest BCUT2D eigenvalue weighted by atomic mass is 9.98. The number of nitrogens with zero attached hydrogens (tertiary/aromatic N) is 4. The molecule has 0 saturated carbocycles. The molecule has 2 heterocycles. The van der Waals surface area contributed by atoms with Crippen LogP contribution >= 0.6 is 0 Å². The van der Waals surface area contributed by atoms with Gasteiger partial charge in [-0.25, -0.2) is 9.97 Å². The minimum absolute atomic E-state index is 0.237. The van der Waals surface area contributed by atoms with Crippen molar-refractivity contribution in [3.63, 3.8) is 0 Å². The highest BCUT2D eigenvalue weighted by atomic mass is 16.3. The molecule has 1 unspecified atom stereocenters. The molecule has 1 aliphatic rings. The van der Waals surface area contributed by atoms with Gasteiger partial charge in [0.15, 0.2) is 0 Å². The minimum Gasteiger partial charge on any atom is -0.390 e. The lowest BCUT2D eigenvalue weighted by molar-refractivity contribution is 0.0481. The van der Waals surface area contributed by atoms with Crippen LogP contribution in [0.4, 0.5) is 11.9 Å². The van der Waals surface area contributed by atoms with E-state index >= 15 is 0 Å². The molecule has 0 spiro atoms. The number of aromatic nitrogens is 3. The van der Waals surface area contributed by atoms with Crippen molar-refractivity contribution in [2.45, 2.75) is 31.8 Å². The van der Waals surface area contributed by atoms with E-state index in [1.165, 1.54) is 6.33 Å². The van der Waals surface area contributed by atoms with Crippen LogP contribution in [0.5, 0.6) is 0 Å². The molecule has 1 fully saturated rings. The maximum atomic E-state index is 9.97. The predicted molar refractivity (Wildman–Crippen MR) is 60.9 cm³/mol. The van der Waals surface area contributed by atoms with Crippen molar-refractivity contribution < 1.29 is 5.11 Å². The third kappa shape index (κ3) is 2.57. The molecule has 0 aromatic carbocycles. The Balaban J connectivity index is 2.11. The zero-order valence-electron chi connectivity index (χ0n) is 9.43. The van der Waals surface area contributed by atoms with E-state index < -0.39 is 5.60 Å². The van der Waals surface area contributed by atoms with Crippen molar-refractivity contribution >= 4 is 11.9 Å². The summed E-state index contributed by atoms with van der Waals surface area (Å²) in [6.07, 6.45) is 3.88. The molecule has 0 amide bonds. The second-order valence-electron chi connectivity index (χ2n) is 4.48. The monoisotopic (exact) mass is 223 g/mol. The highest BCUT2D eigenvalue weighted by Gasteiger charge is 2.25. The third-order valence-electron chi connectivity index (χ3n) is 2.92. The van der Waals surface area contributed by atoms with Gasteiger partial charge in [0.2, 0.25) is 11.9 Å². The molecule has 0 radical (unpaired) electrons. The number of nitrogen functional groups attached to an aromatic ring is 1. The summed E-state index contributed by atoms with van der Waals surface area (Å²) in [5.74, 6) is 0.839. The van der Waals surface area contributed by atoms with Crippen LogP contribution in [0.2, 0.25) is 0 Å². The summed E-state index contributed by atoms with van der Waals surface area (Å²) in [5, 5.41) is 9.97. The molecule has 6 nitrogen and oxygen atoms in total. The average molecular weight is 223 g/mol. The molecule has 1 aromatic heterocycles. The van der Waals surface area contributed by atoms with Gasteiger partial charge in [0.1, 0.15) is 6.33 Å². The van der Waals surface area contributed by atoms with Crippen molar-refractivity contribution in [2.24, 2.45) is 0 Å². The fourth-order valence-corrected chi connectivity index (χ4v) is 1.92. The van der Waals surface area contributed by atoms with E-state index in [1.807, 2.05) is 11.8 Å². The first-order valence-corrected chi connectivity index (χ1v) is 5.49. The first-order chi connectivity index (χ1) is 7.57. The quantitative estimate of drug-likeness (QED) is 0.707. The molecule has 88 valence electrons. The van der Waals surface area contributed by atoms with E-state index in [-0.39, 0.29) is 5.95 Å². The lowest BCUT2D eigenvalue weighted by Crippen LogP contribution is -2.29. The van der Waals surface area contributed by atoms with Gasteiger partial charge >= 0.3 is 0 Å². The average Bonchev–Trinajstić information content (AvgIpc) is 2.39. The van der Waals surface area contributed by atoms with Crippen LogP contribution in [0, 0.1) is 0 Å². The molecule has 2 rings (SSSR count). The maximum absolute atomic E-state index is 9.97. The molecule has 1 aromatic rings. The topological polar surface area (TPSA) is 88.2 Å². The number of anilines is 2. The molecule has 6 heteroatoms. The second-order valence-corrected chi connectivity index (χ2v) is 4.48. The summed E-state index contributed by atoms with van der Waals surface area (Å²) in [6.45, 7) is 3.47. The van der Waals surface area contributed by atoms with Crippen LogP contribution in [0.1, 0.15) is 26.2 Å². The van der Waals surface area contributed by atoms with Crippen molar-refractivity contribution in [2.75, 3.05) is 23.7 Å². The van der Waals surface area contributed by atoms with E-state index in [9.17, 15) is 5.11 Å². The van der Waals surface area contributed by atoms with Crippen molar-refractivity contribution in [1.29, 1.82) is 0 Å². The summed E-state index contributed by atoms with van der Waals surface area (Å²) in [7, 11) is 0. The Bertz CT molecular complexity index is 368. The second kappa shape index (κ2) is 4.21. The van der Waals surface area contributed by atoms with E-state index in [1.54, 1.807) is 0 Å². The van der Waals surface area contributed by atoms with E-state index in [0.717, 1.165) is 32.4 Å². The summed E-state index contributed by atoms with van der Waals surface area (Å²) < 4.78 is 0. The summed E-state index contributed by atoms with van der Waals surface area (Å²) in [4.78, 5) is 14.0. The molecule has 1 aliphatic heterocycles. The first-order valence-electron chi connectivity index (χ1n) is 5.49. The van der Waals surface area contributed by atoms with Gasteiger partial charge < -0.3 is 15.7 Å². The van der Waals surface area contributed by atoms with E-state index in [2.05, 4.69) is 15.0 Å². The van der Waals surface area contributed by atoms with Crippen LogP contribution < -0.4 is 10.6 Å². The van der Waals surface area contributed by atoms with Crippen LogP contribution in [0.25, 0.3) is 0 Å². The standard InChI is InChI=1S/C10H17N5O/c1-10(16)3-2-5-15(6-4-10)9-13-7-12-8(11)14-9/h7,16H,2-6H2,1H3,(H2,11,12,13,14). The summed E-state index contributed by atoms with van der Waals surface area (Å²) in [6, 6.07) is 0. The molecular formula is C10H17N5O. The molecular weight excluding hydrogens is 206 g/mol. The largest absolute Gasteiger partial charge is 0.390 e. The predicted octanol–water partition coefficient (Wildman–Crippen LogP) is 0.195. The first kappa shape index (κ1) is 11.1. The summed E-state index contributed by atoms with van der Waals surface area (Å²) in [5.41, 5.74) is 4.94. The van der Waals surface area contributed by atoms with Gasteiger partial charge in [-0.05, 0) is 26.2 Å². The van der Waals surface area contributed by atoms with E-state index in [0.29, 0.717) is 5.95 Å². The van der Waals surface area contributed by atoms with Crippen LogP contribution in [0.3, 0.4) is 0 Å². The van der Waals surface area contributed by atoms with Crippen molar-refractivity contribution in [3.8, 4) is 0 Å². The molecule has 16 heavy (non-hydrogen) atoms. The Hall–Kier alpha value is -1.43. The van der Waals surface area contributed by atoms with Gasteiger partial charge in [-0.3, -0.25) is 0 Å². The van der Waals surface area contributed by atoms with Crippen LogP contribution in [0.15, 0.2) is 6.33 Å². The van der Waals surface area contributed by atoms with Gasteiger partial charge in [-0.1, -0.05) is 0 Å². The van der Waals surface area contributed by atoms with E-state index in [4.69, 9.17) is 5.73 Å². The Morgan fingerprint density at radius 1 is 1.38 bits per heavy atom. The highest BCUT2D eigenvalue weighted by molar-refractivity contribution is 5.33. The Kier molecular flexibility index (Phi) is 2.91. The smallest absolute Gasteiger partial charge is 0.230 e. The number of nitrogens with two attached hydrogens (primary N) is 1. The van der Waals surface area contributed by atoms with Crippen molar-refractivity contribution in [1.82, 2.24) is 15.0 Å². The van der Waals surface area contributed by atoms with Gasteiger partial charge in [0, 0.05) is 13.1 Å². The minimum atomic E-state index is -0.576. The molecule has 0 bridgehead atoms. The lowest BCUT2D eigenvalue weighted by Gasteiger charge is -2.22. The molecule has 1 atom stereocenters. The van der Waals surface area contributed by atoms with Crippen LogP contribution in [-0.4, -0.2) is 38.7 Å². The number of rotatable bonds is 1. The summed E-state index contributed by atoms with van der Waals surface area (Å²) >= 11 is 0. The number of aliphatic hydroxyl groups is 1. The highest BCUT2D eigenvalue weighted by Crippen LogP contribution is 2.23. The zero-order chi connectivity index (χ0) is 11.6. The molecule has 1 saturated heterocycles. The Morgan fingerprint density at radius 2 is 2.19 bits per heavy atom.